The number of hydrogen-bond acceptors (Lipinski definition) is 4. The number of carbonyl (C=O) groups excluding carboxylic acids is 2. The monoisotopic (exact) mass is 235 g/mol. The van der Waals surface area contributed by atoms with Crippen molar-refractivity contribution in [2.24, 2.45) is 5.92 Å². The van der Waals surface area contributed by atoms with Crippen LogP contribution in [-0.2, 0) is 14.3 Å². The SMILES string of the molecule is CCOC(=O)C(C#N)=C1CCC(CC)C(=O)C1. The van der Waals surface area contributed by atoms with Crippen LogP contribution in [-0.4, -0.2) is 18.4 Å². The number of ketones is 1. The van der Waals surface area contributed by atoms with Gasteiger partial charge in [-0.2, -0.15) is 5.26 Å². The minimum atomic E-state index is -0.604. The molecule has 4 nitrogen and oxygen atoms in total. The van der Waals surface area contributed by atoms with Gasteiger partial charge in [0.15, 0.2) is 0 Å². The molecule has 0 aliphatic heterocycles. The molecule has 0 amide bonds. The summed E-state index contributed by atoms with van der Waals surface area (Å²) in [5, 5.41) is 8.96. The Bertz CT molecular complexity index is 390. The summed E-state index contributed by atoms with van der Waals surface area (Å²) in [6.45, 7) is 3.91. The van der Waals surface area contributed by atoms with Crippen LogP contribution in [0.4, 0.5) is 0 Å². The van der Waals surface area contributed by atoms with Crippen molar-refractivity contribution in [3.8, 4) is 6.07 Å². The molecule has 0 radical (unpaired) electrons. The lowest BCUT2D eigenvalue weighted by atomic mass is 9.81. The highest BCUT2D eigenvalue weighted by molar-refractivity contribution is 5.96. The molecule has 92 valence electrons. The van der Waals surface area contributed by atoms with E-state index in [0.29, 0.717) is 12.0 Å². The van der Waals surface area contributed by atoms with Crippen LogP contribution in [0.1, 0.15) is 39.5 Å². The Morgan fingerprint density at radius 2 is 2.24 bits per heavy atom. The van der Waals surface area contributed by atoms with Crippen molar-refractivity contribution in [3.05, 3.63) is 11.1 Å². The second-order valence-corrected chi connectivity index (χ2v) is 4.10. The summed E-state index contributed by atoms with van der Waals surface area (Å²) in [7, 11) is 0. The average Bonchev–Trinajstić information content (AvgIpc) is 2.30. The van der Waals surface area contributed by atoms with E-state index in [1.54, 1.807) is 6.92 Å². The third-order valence-electron chi connectivity index (χ3n) is 3.08. The standard InChI is InChI=1S/C13H17NO3/c1-3-9-5-6-10(7-12(9)15)11(8-14)13(16)17-4-2/h9H,3-7H2,1-2H3. The maximum atomic E-state index is 11.7. The predicted molar refractivity (Wildman–Crippen MR) is 61.9 cm³/mol. The molecule has 0 spiro atoms. The second kappa shape index (κ2) is 6.19. The number of nitrogens with zero attached hydrogens (tertiary/aromatic N) is 1. The predicted octanol–water partition coefficient (Wildman–Crippen LogP) is 2.15. The van der Waals surface area contributed by atoms with Crippen LogP contribution >= 0.6 is 0 Å². The van der Waals surface area contributed by atoms with E-state index in [1.807, 2.05) is 13.0 Å². The van der Waals surface area contributed by atoms with Crippen LogP contribution in [0.2, 0.25) is 0 Å². The van der Waals surface area contributed by atoms with Crippen LogP contribution < -0.4 is 0 Å². The Hall–Kier alpha value is -1.63. The molecule has 0 aromatic heterocycles. The van der Waals surface area contributed by atoms with Gasteiger partial charge in [-0.3, -0.25) is 4.79 Å². The molecule has 1 saturated carbocycles. The maximum Gasteiger partial charge on any atom is 0.348 e. The van der Waals surface area contributed by atoms with Crippen molar-refractivity contribution in [1.82, 2.24) is 0 Å². The Balaban J connectivity index is 2.87. The Morgan fingerprint density at radius 1 is 1.53 bits per heavy atom. The fourth-order valence-corrected chi connectivity index (χ4v) is 2.07. The summed E-state index contributed by atoms with van der Waals surface area (Å²) < 4.78 is 4.81. The molecule has 1 rings (SSSR count). The smallest absolute Gasteiger partial charge is 0.348 e. The number of Topliss-reactive ketones (excluding diaryl/α,β-unsaturated/α-hetero) is 1. The molecule has 4 heteroatoms. The zero-order chi connectivity index (χ0) is 12.8. The third kappa shape index (κ3) is 3.16. The summed E-state index contributed by atoms with van der Waals surface area (Å²) >= 11 is 0. The van der Waals surface area contributed by atoms with Gasteiger partial charge < -0.3 is 4.74 Å². The highest BCUT2D eigenvalue weighted by Crippen LogP contribution is 2.29. The van der Waals surface area contributed by atoms with Crippen LogP contribution in [0.15, 0.2) is 11.1 Å². The van der Waals surface area contributed by atoms with E-state index < -0.39 is 5.97 Å². The first-order valence-electron chi connectivity index (χ1n) is 5.95. The van der Waals surface area contributed by atoms with Gasteiger partial charge in [0, 0.05) is 12.3 Å². The van der Waals surface area contributed by atoms with Gasteiger partial charge in [0.1, 0.15) is 17.4 Å². The van der Waals surface area contributed by atoms with Gasteiger partial charge in [0.25, 0.3) is 0 Å². The van der Waals surface area contributed by atoms with Crippen LogP contribution in [0, 0.1) is 17.2 Å². The second-order valence-electron chi connectivity index (χ2n) is 4.10. The molecule has 0 N–H and O–H groups in total. The van der Waals surface area contributed by atoms with Gasteiger partial charge in [-0.25, -0.2) is 4.79 Å². The first-order valence-corrected chi connectivity index (χ1v) is 5.95. The first-order chi connectivity index (χ1) is 8.13. The quantitative estimate of drug-likeness (QED) is 0.427. The zero-order valence-corrected chi connectivity index (χ0v) is 10.3. The summed E-state index contributed by atoms with van der Waals surface area (Å²) in [6, 6.07) is 1.86. The molecule has 0 heterocycles. The van der Waals surface area contributed by atoms with Crippen LogP contribution in [0.5, 0.6) is 0 Å². The van der Waals surface area contributed by atoms with Crippen LogP contribution in [0.3, 0.4) is 0 Å². The highest BCUT2D eigenvalue weighted by atomic mass is 16.5. The minimum Gasteiger partial charge on any atom is -0.462 e. The van der Waals surface area contributed by atoms with E-state index in [-0.39, 0.29) is 30.3 Å². The fourth-order valence-electron chi connectivity index (χ4n) is 2.07. The van der Waals surface area contributed by atoms with E-state index in [0.717, 1.165) is 12.8 Å². The summed E-state index contributed by atoms with van der Waals surface area (Å²) in [5.74, 6) is -0.389. The van der Waals surface area contributed by atoms with Gasteiger partial charge in [-0.15, -0.1) is 0 Å². The van der Waals surface area contributed by atoms with Gasteiger partial charge in [-0.1, -0.05) is 6.92 Å². The molecule has 0 aromatic rings. The number of hydrogen-bond donors (Lipinski definition) is 0. The maximum absolute atomic E-state index is 11.7. The highest BCUT2D eigenvalue weighted by Gasteiger charge is 2.27. The van der Waals surface area contributed by atoms with Gasteiger partial charge in [-0.05, 0) is 31.8 Å². The van der Waals surface area contributed by atoms with E-state index in [9.17, 15) is 9.59 Å². The average molecular weight is 235 g/mol. The first kappa shape index (κ1) is 13.4. The van der Waals surface area contributed by atoms with Gasteiger partial charge in [0.05, 0.1) is 6.61 Å². The van der Waals surface area contributed by atoms with Crippen molar-refractivity contribution in [2.45, 2.75) is 39.5 Å². The Labute approximate surface area is 101 Å². The molecule has 0 saturated heterocycles. The molecule has 1 atom stereocenters. The van der Waals surface area contributed by atoms with Crippen LogP contribution in [0.25, 0.3) is 0 Å². The number of rotatable bonds is 3. The van der Waals surface area contributed by atoms with Crippen molar-refractivity contribution in [1.29, 1.82) is 5.26 Å². The fraction of sp³-hybridized carbons (Fsp3) is 0.615. The van der Waals surface area contributed by atoms with Gasteiger partial charge >= 0.3 is 5.97 Å². The molecule has 1 aliphatic rings. The molecular weight excluding hydrogens is 218 g/mol. The molecular formula is C13H17NO3. The van der Waals surface area contributed by atoms with E-state index >= 15 is 0 Å². The Kier molecular flexibility index (Phi) is 4.89. The van der Waals surface area contributed by atoms with Crippen molar-refractivity contribution in [2.75, 3.05) is 6.61 Å². The van der Waals surface area contributed by atoms with E-state index in [2.05, 4.69) is 0 Å². The summed E-state index contributed by atoms with van der Waals surface area (Å²) in [5.41, 5.74) is 0.662. The zero-order valence-electron chi connectivity index (χ0n) is 10.3. The lowest BCUT2D eigenvalue weighted by Crippen LogP contribution is -2.22. The molecule has 17 heavy (non-hydrogen) atoms. The molecule has 1 aliphatic carbocycles. The van der Waals surface area contributed by atoms with Gasteiger partial charge in [0.2, 0.25) is 0 Å². The number of carbonyl (C=O) groups is 2. The lowest BCUT2D eigenvalue weighted by Gasteiger charge is -2.22. The number of allylic oxidation sites excluding steroid dienone is 1. The van der Waals surface area contributed by atoms with E-state index in [1.165, 1.54) is 0 Å². The molecule has 0 aromatic carbocycles. The lowest BCUT2D eigenvalue weighted by molar-refractivity contribution is -0.138. The van der Waals surface area contributed by atoms with E-state index in [4.69, 9.17) is 10.00 Å². The minimum absolute atomic E-state index is 0.0229. The number of nitriles is 1. The van der Waals surface area contributed by atoms with Crippen molar-refractivity contribution < 1.29 is 14.3 Å². The summed E-state index contributed by atoms with van der Waals surface area (Å²) in [4.78, 5) is 23.3. The summed E-state index contributed by atoms with van der Waals surface area (Å²) in [6.07, 6.45) is 2.43. The number of esters is 1. The topological polar surface area (TPSA) is 67.2 Å². The third-order valence-corrected chi connectivity index (χ3v) is 3.08. The van der Waals surface area contributed by atoms with Crippen molar-refractivity contribution >= 4 is 11.8 Å². The normalized spacial score (nSPS) is 22.9. The molecule has 1 fully saturated rings. The number of ether oxygens (including phenoxy) is 1. The van der Waals surface area contributed by atoms with Crippen molar-refractivity contribution in [3.63, 3.8) is 0 Å². The molecule has 0 bridgehead atoms. The molecule has 1 unspecified atom stereocenters. The Morgan fingerprint density at radius 3 is 2.71 bits per heavy atom. The largest absolute Gasteiger partial charge is 0.462 e.